The van der Waals surface area contributed by atoms with Crippen molar-refractivity contribution >= 4 is 21.8 Å². The first-order valence-electron chi connectivity index (χ1n) is 4.90. The van der Waals surface area contributed by atoms with Gasteiger partial charge in [-0.2, -0.15) is 0 Å². The van der Waals surface area contributed by atoms with Gasteiger partial charge in [0.25, 0.3) is 0 Å². The topological polar surface area (TPSA) is 64.3 Å². The predicted molar refractivity (Wildman–Crippen MR) is 66.2 cm³/mol. The van der Waals surface area contributed by atoms with Gasteiger partial charge in [0.1, 0.15) is 5.75 Å². The fourth-order valence-electron chi connectivity index (χ4n) is 1.17. The monoisotopic (exact) mass is 286 g/mol. The molecule has 1 atom stereocenters. The van der Waals surface area contributed by atoms with Gasteiger partial charge in [0, 0.05) is 6.54 Å². The summed E-state index contributed by atoms with van der Waals surface area (Å²) in [6.07, 6.45) is 0. The van der Waals surface area contributed by atoms with Gasteiger partial charge in [-0.05, 0) is 40.5 Å². The molecule has 1 aromatic rings. The molecular weight excluding hydrogens is 272 g/mol. The summed E-state index contributed by atoms with van der Waals surface area (Å²) in [7, 11) is 1.61. The molecule has 4 nitrogen and oxygen atoms in total. The van der Waals surface area contributed by atoms with Crippen molar-refractivity contribution in [1.29, 1.82) is 0 Å². The van der Waals surface area contributed by atoms with Gasteiger partial charge in [-0.1, -0.05) is 6.07 Å². The number of carbonyl (C=O) groups is 1. The molecule has 0 aliphatic carbocycles. The normalized spacial score (nSPS) is 12.0. The van der Waals surface area contributed by atoms with E-state index in [-0.39, 0.29) is 5.91 Å². The quantitative estimate of drug-likeness (QED) is 0.880. The molecule has 0 spiro atoms. The molecular formula is C11H15BrN2O2. The summed E-state index contributed by atoms with van der Waals surface area (Å²) in [6, 6.07) is 5.16. The minimum atomic E-state index is -0.485. The minimum absolute atomic E-state index is 0.160. The molecule has 0 fully saturated rings. The molecule has 1 aromatic carbocycles. The first-order chi connectivity index (χ1) is 7.54. The summed E-state index contributed by atoms with van der Waals surface area (Å²) < 4.78 is 5.97. The average Bonchev–Trinajstić information content (AvgIpc) is 2.25. The van der Waals surface area contributed by atoms with E-state index in [0.29, 0.717) is 6.54 Å². The highest BCUT2D eigenvalue weighted by Gasteiger charge is 2.07. The Morgan fingerprint density at radius 2 is 2.31 bits per heavy atom. The summed E-state index contributed by atoms with van der Waals surface area (Å²) in [5, 5.41) is 2.74. The third-order valence-electron chi connectivity index (χ3n) is 2.10. The van der Waals surface area contributed by atoms with Gasteiger partial charge >= 0.3 is 0 Å². The SMILES string of the molecule is COc1ccc(CNC(=O)[C@H](C)N)cc1Br. The van der Waals surface area contributed by atoms with E-state index in [1.165, 1.54) is 0 Å². The molecule has 0 aliphatic heterocycles. The van der Waals surface area contributed by atoms with Crippen molar-refractivity contribution < 1.29 is 9.53 Å². The van der Waals surface area contributed by atoms with Crippen LogP contribution in [0, 0.1) is 0 Å². The van der Waals surface area contributed by atoms with Crippen molar-refractivity contribution in [3.05, 3.63) is 28.2 Å². The Labute approximate surface area is 103 Å². The van der Waals surface area contributed by atoms with Crippen LogP contribution in [0.15, 0.2) is 22.7 Å². The highest BCUT2D eigenvalue weighted by atomic mass is 79.9. The number of benzene rings is 1. The van der Waals surface area contributed by atoms with Crippen LogP contribution in [0.1, 0.15) is 12.5 Å². The first-order valence-corrected chi connectivity index (χ1v) is 5.69. The molecule has 0 aromatic heterocycles. The molecule has 1 amide bonds. The van der Waals surface area contributed by atoms with Crippen LogP contribution in [0.4, 0.5) is 0 Å². The number of methoxy groups -OCH3 is 1. The Bertz CT molecular complexity index is 380. The lowest BCUT2D eigenvalue weighted by Gasteiger charge is -2.09. The van der Waals surface area contributed by atoms with Crippen molar-refractivity contribution in [3.63, 3.8) is 0 Å². The predicted octanol–water partition coefficient (Wildman–Crippen LogP) is 1.42. The maximum absolute atomic E-state index is 11.3. The third-order valence-corrected chi connectivity index (χ3v) is 2.72. The van der Waals surface area contributed by atoms with Crippen LogP contribution in [-0.4, -0.2) is 19.1 Å². The smallest absolute Gasteiger partial charge is 0.236 e. The second-order valence-electron chi connectivity index (χ2n) is 3.48. The van der Waals surface area contributed by atoms with Gasteiger partial charge in [0.15, 0.2) is 0 Å². The average molecular weight is 287 g/mol. The number of carbonyl (C=O) groups excluding carboxylic acids is 1. The van der Waals surface area contributed by atoms with E-state index < -0.39 is 6.04 Å². The zero-order valence-electron chi connectivity index (χ0n) is 9.29. The Morgan fingerprint density at radius 1 is 1.62 bits per heavy atom. The summed E-state index contributed by atoms with van der Waals surface area (Å²) in [5.74, 6) is 0.606. The molecule has 3 N–H and O–H groups in total. The fraction of sp³-hybridized carbons (Fsp3) is 0.364. The van der Waals surface area contributed by atoms with Crippen LogP contribution in [0.25, 0.3) is 0 Å². The largest absolute Gasteiger partial charge is 0.496 e. The fourth-order valence-corrected chi connectivity index (χ4v) is 1.76. The Hall–Kier alpha value is -1.07. The number of ether oxygens (including phenoxy) is 1. The van der Waals surface area contributed by atoms with Gasteiger partial charge in [-0.3, -0.25) is 4.79 Å². The molecule has 0 radical (unpaired) electrons. The van der Waals surface area contributed by atoms with Gasteiger partial charge in [0.05, 0.1) is 17.6 Å². The van der Waals surface area contributed by atoms with Crippen LogP contribution in [0.3, 0.4) is 0 Å². The molecule has 5 heteroatoms. The Balaban J connectivity index is 2.62. The van der Waals surface area contributed by atoms with E-state index in [2.05, 4.69) is 21.2 Å². The van der Waals surface area contributed by atoms with E-state index >= 15 is 0 Å². The Kier molecular flexibility index (Phi) is 4.76. The van der Waals surface area contributed by atoms with Crippen molar-refractivity contribution in [2.24, 2.45) is 5.73 Å². The molecule has 0 unspecified atom stereocenters. The van der Waals surface area contributed by atoms with Crippen molar-refractivity contribution in [2.75, 3.05) is 7.11 Å². The molecule has 0 bridgehead atoms. The number of halogens is 1. The van der Waals surface area contributed by atoms with Crippen LogP contribution < -0.4 is 15.8 Å². The summed E-state index contributed by atoms with van der Waals surface area (Å²) >= 11 is 3.38. The van der Waals surface area contributed by atoms with E-state index in [0.717, 1.165) is 15.8 Å². The van der Waals surface area contributed by atoms with Crippen LogP contribution in [-0.2, 0) is 11.3 Å². The lowest BCUT2D eigenvalue weighted by molar-refractivity contribution is -0.122. The maximum atomic E-state index is 11.3. The minimum Gasteiger partial charge on any atom is -0.496 e. The van der Waals surface area contributed by atoms with Crippen molar-refractivity contribution in [3.8, 4) is 5.75 Å². The van der Waals surface area contributed by atoms with Crippen LogP contribution in [0.2, 0.25) is 0 Å². The number of hydrogen-bond acceptors (Lipinski definition) is 3. The van der Waals surface area contributed by atoms with Gasteiger partial charge in [0.2, 0.25) is 5.91 Å². The van der Waals surface area contributed by atoms with Crippen LogP contribution in [0.5, 0.6) is 5.75 Å². The summed E-state index contributed by atoms with van der Waals surface area (Å²) in [5.41, 5.74) is 6.42. The standard InChI is InChI=1S/C11H15BrN2O2/c1-7(13)11(15)14-6-8-3-4-10(16-2)9(12)5-8/h3-5,7H,6,13H2,1-2H3,(H,14,15)/t7-/m0/s1. The van der Waals surface area contributed by atoms with Gasteiger partial charge in [-0.15, -0.1) is 0 Å². The number of nitrogens with one attached hydrogen (secondary N) is 1. The number of nitrogens with two attached hydrogens (primary N) is 1. The van der Waals surface area contributed by atoms with Gasteiger partial charge in [-0.25, -0.2) is 0 Å². The summed E-state index contributed by atoms with van der Waals surface area (Å²) in [4.78, 5) is 11.3. The molecule has 0 heterocycles. The van der Waals surface area contributed by atoms with Crippen LogP contribution >= 0.6 is 15.9 Å². The zero-order valence-corrected chi connectivity index (χ0v) is 10.9. The van der Waals surface area contributed by atoms with E-state index in [1.807, 2.05) is 18.2 Å². The molecule has 0 saturated heterocycles. The lowest BCUT2D eigenvalue weighted by atomic mass is 10.2. The number of rotatable bonds is 4. The molecule has 0 aliphatic rings. The lowest BCUT2D eigenvalue weighted by Crippen LogP contribution is -2.37. The second kappa shape index (κ2) is 5.86. The maximum Gasteiger partial charge on any atom is 0.236 e. The van der Waals surface area contributed by atoms with E-state index in [9.17, 15) is 4.79 Å². The van der Waals surface area contributed by atoms with Crippen molar-refractivity contribution in [2.45, 2.75) is 19.5 Å². The third kappa shape index (κ3) is 3.50. The summed E-state index contributed by atoms with van der Waals surface area (Å²) in [6.45, 7) is 2.11. The second-order valence-corrected chi connectivity index (χ2v) is 4.33. The molecule has 16 heavy (non-hydrogen) atoms. The number of hydrogen-bond donors (Lipinski definition) is 2. The van der Waals surface area contributed by atoms with E-state index in [4.69, 9.17) is 10.5 Å². The molecule has 1 rings (SSSR count). The highest BCUT2D eigenvalue weighted by molar-refractivity contribution is 9.10. The van der Waals surface area contributed by atoms with E-state index in [1.54, 1.807) is 14.0 Å². The Morgan fingerprint density at radius 3 is 2.81 bits per heavy atom. The molecule has 88 valence electrons. The highest BCUT2D eigenvalue weighted by Crippen LogP contribution is 2.25. The van der Waals surface area contributed by atoms with Crippen molar-refractivity contribution in [1.82, 2.24) is 5.32 Å². The first kappa shape index (κ1) is 13.0. The molecule has 0 saturated carbocycles. The zero-order chi connectivity index (χ0) is 12.1. The van der Waals surface area contributed by atoms with Gasteiger partial charge < -0.3 is 15.8 Å². The number of amides is 1.